The van der Waals surface area contributed by atoms with Crippen LogP contribution in [0.25, 0.3) is 33.8 Å². The smallest absolute Gasteiger partial charge is 0.264 e. The zero-order valence-corrected chi connectivity index (χ0v) is 13.4. The molecule has 5 nitrogen and oxygen atoms in total. The Morgan fingerprint density at radius 2 is 1.76 bits per heavy atom. The molecule has 0 N–H and O–H groups in total. The molecule has 0 bridgehead atoms. The lowest BCUT2D eigenvalue weighted by atomic mass is 10.1. The maximum atomic E-state index is 4.34. The molecule has 1 aliphatic rings. The van der Waals surface area contributed by atoms with Crippen molar-refractivity contribution >= 4 is 16.8 Å². The van der Waals surface area contributed by atoms with Gasteiger partial charge in [0.05, 0.1) is 12.7 Å². The summed E-state index contributed by atoms with van der Waals surface area (Å²) in [6.07, 6.45) is 9.83. The molecule has 1 aliphatic heterocycles. The molecule has 5 heterocycles. The molecular weight excluding hydrogens is 310 g/mol. The highest BCUT2D eigenvalue weighted by molar-refractivity contribution is 5.79. The number of hydrogen-bond donors (Lipinski definition) is 0. The van der Waals surface area contributed by atoms with Crippen LogP contribution in [0.2, 0.25) is 0 Å². The van der Waals surface area contributed by atoms with Crippen molar-refractivity contribution < 1.29 is 4.40 Å². The molecule has 0 amide bonds. The third-order valence-corrected chi connectivity index (χ3v) is 5.00. The van der Waals surface area contributed by atoms with Crippen molar-refractivity contribution in [1.82, 2.24) is 19.1 Å². The van der Waals surface area contributed by atoms with Gasteiger partial charge < -0.3 is 0 Å². The van der Waals surface area contributed by atoms with Crippen LogP contribution >= 0.6 is 0 Å². The summed E-state index contributed by atoms with van der Waals surface area (Å²) in [5.74, 6) is 1.14. The molecule has 118 valence electrons. The predicted molar refractivity (Wildman–Crippen MR) is 94.6 cm³/mol. The number of para-hydroxylation sites is 1. The molecule has 6 rings (SSSR count). The molecule has 5 heteroatoms. The van der Waals surface area contributed by atoms with E-state index in [4.69, 9.17) is 0 Å². The minimum absolute atomic E-state index is 0.839. The van der Waals surface area contributed by atoms with Crippen LogP contribution in [-0.4, -0.2) is 19.1 Å². The van der Waals surface area contributed by atoms with Gasteiger partial charge >= 0.3 is 5.78 Å². The van der Waals surface area contributed by atoms with Gasteiger partial charge in [0, 0.05) is 29.7 Å². The second-order valence-corrected chi connectivity index (χ2v) is 6.34. The van der Waals surface area contributed by atoms with Crippen molar-refractivity contribution in [2.24, 2.45) is 0 Å². The molecule has 5 aromatic rings. The number of benzene rings is 1. The van der Waals surface area contributed by atoms with E-state index in [-0.39, 0.29) is 0 Å². The highest BCUT2D eigenvalue weighted by Gasteiger charge is 2.32. The van der Waals surface area contributed by atoms with Gasteiger partial charge in [-0.2, -0.15) is 8.97 Å². The average molecular weight is 324 g/mol. The minimum Gasteiger partial charge on any atom is -0.264 e. The van der Waals surface area contributed by atoms with Gasteiger partial charge in [0.1, 0.15) is 23.1 Å². The van der Waals surface area contributed by atoms with E-state index in [1.165, 1.54) is 16.8 Å². The molecule has 0 saturated heterocycles. The van der Waals surface area contributed by atoms with E-state index < -0.39 is 0 Å². The van der Waals surface area contributed by atoms with E-state index >= 15 is 0 Å². The summed E-state index contributed by atoms with van der Waals surface area (Å²) in [6, 6.07) is 14.7. The van der Waals surface area contributed by atoms with Gasteiger partial charge in [0.25, 0.3) is 0 Å². The average Bonchev–Trinajstić information content (AvgIpc) is 3.30. The minimum atomic E-state index is 0.839. The Bertz CT molecular complexity index is 1260. The van der Waals surface area contributed by atoms with Gasteiger partial charge in [-0.15, -0.1) is 0 Å². The second kappa shape index (κ2) is 4.54. The maximum absolute atomic E-state index is 4.34. The van der Waals surface area contributed by atoms with E-state index in [1.54, 1.807) is 0 Å². The van der Waals surface area contributed by atoms with E-state index in [2.05, 4.69) is 66.1 Å². The van der Waals surface area contributed by atoms with Crippen molar-refractivity contribution in [3.05, 3.63) is 79.0 Å². The van der Waals surface area contributed by atoms with Gasteiger partial charge in [-0.05, 0) is 24.3 Å². The number of fused-ring (bicyclic) bond motifs is 7. The molecule has 0 aliphatic carbocycles. The Hall–Kier alpha value is -3.47. The van der Waals surface area contributed by atoms with Crippen LogP contribution < -0.4 is 4.40 Å². The van der Waals surface area contributed by atoms with Gasteiger partial charge in [0.2, 0.25) is 0 Å². The van der Waals surface area contributed by atoms with Crippen molar-refractivity contribution in [1.29, 1.82) is 0 Å². The number of aromatic nitrogens is 5. The number of rotatable bonds is 1. The summed E-state index contributed by atoms with van der Waals surface area (Å²) in [5, 5.41) is 0. The summed E-state index contributed by atoms with van der Waals surface area (Å²) < 4.78 is 6.91. The van der Waals surface area contributed by atoms with Crippen LogP contribution in [0.15, 0.2) is 73.4 Å². The summed E-state index contributed by atoms with van der Waals surface area (Å²) in [7, 11) is 0. The molecule has 0 unspecified atom stereocenters. The molecule has 0 radical (unpaired) electrons. The highest BCUT2D eigenvalue weighted by atomic mass is 15.3. The summed E-state index contributed by atoms with van der Waals surface area (Å²) in [5.41, 5.74) is 7.16. The van der Waals surface area contributed by atoms with Crippen LogP contribution in [-0.2, 0) is 6.54 Å². The Labute approximate surface area is 143 Å². The van der Waals surface area contributed by atoms with Crippen molar-refractivity contribution in [2.45, 2.75) is 6.54 Å². The molecule has 4 aromatic heterocycles. The normalized spacial score (nSPS) is 12.6. The first kappa shape index (κ1) is 12.9. The lowest BCUT2D eigenvalue weighted by molar-refractivity contribution is -0.480. The summed E-state index contributed by atoms with van der Waals surface area (Å²) in [4.78, 5) is 8.63. The number of imidazole rings is 2. The highest BCUT2D eigenvalue weighted by Crippen LogP contribution is 2.34. The van der Waals surface area contributed by atoms with E-state index in [9.17, 15) is 0 Å². The lowest BCUT2D eigenvalue weighted by Gasteiger charge is -2.01. The Kier molecular flexibility index (Phi) is 2.34. The standard InChI is InChI=1S/C20H14N5/c1-2-4-15(5-3-1)25-17-7-9-22-11-18(17)24-13-19-16-6-8-21-10-14(16)12-23(19)20(24)25/h1-11,13H,12H2/q+1. The fourth-order valence-corrected chi connectivity index (χ4v) is 3.93. The van der Waals surface area contributed by atoms with Crippen LogP contribution in [0.1, 0.15) is 5.56 Å². The largest absolute Gasteiger partial charge is 0.375 e. The van der Waals surface area contributed by atoms with Crippen LogP contribution in [0.5, 0.6) is 0 Å². The zero-order chi connectivity index (χ0) is 16.4. The topological polar surface area (TPSA) is 39.7 Å². The first-order chi connectivity index (χ1) is 12.4. The molecule has 0 fully saturated rings. The third kappa shape index (κ3) is 1.59. The SMILES string of the molecule is c1ccc(-n2c3ccncc3[n+]3cc4n(c23)Cc2cnccc2-4)cc1. The number of hydrogen-bond acceptors (Lipinski definition) is 2. The first-order valence-corrected chi connectivity index (χ1v) is 8.30. The molecule has 25 heavy (non-hydrogen) atoms. The Morgan fingerprint density at radius 1 is 0.920 bits per heavy atom. The van der Waals surface area contributed by atoms with Gasteiger partial charge in [-0.1, -0.05) is 18.2 Å². The number of nitrogens with zero attached hydrogens (tertiary/aromatic N) is 5. The molecule has 0 atom stereocenters. The summed E-state index contributed by atoms with van der Waals surface area (Å²) >= 11 is 0. The Balaban J connectivity index is 1.79. The van der Waals surface area contributed by atoms with Gasteiger partial charge in [-0.3, -0.25) is 9.97 Å². The second-order valence-electron chi connectivity index (χ2n) is 6.34. The van der Waals surface area contributed by atoms with Gasteiger partial charge in [0.15, 0.2) is 5.52 Å². The van der Waals surface area contributed by atoms with E-state index in [0.29, 0.717) is 0 Å². The van der Waals surface area contributed by atoms with Crippen molar-refractivity contribution in [2.75, 3.05) is 0 Å². The van der Waals surface area contributed by atoms with Crippen molar-refractivity contribution in [3.63, 3.8) is 0 Å². The quantitative estimate of drug-likeness (QED) is 0.436. The van der Waals surface area contributed by atoms with E-state index in [1.807, 2.05) is 30.9 Å². The molecular formula is C20H14N5+. The van der Waals surface area contributed by atoms with E-state index in [0.717, 1.165) is 29.0 Å². The Morgan fingerprint density at radius 3 is 2.68 bits per heavy atom. The molecule has 0 saturated carbocycles. The van der Waals surface area contributed by atoms with Crippen molar-refractivity contribution in [3.8, 4) is 16.9 Å². The zero-order valence-electron chi connectivity index (χ0n) is 13.4. The molecule has 1 aromatic carbocycles. The summed E-state index contributed by atoms with van der Waals surface area (Å²) in [6.45, 7) is 0.839. The fraction of sp³-hybridized carbons (Fsp3) is 0.0500. The molecule has 0 spiro atoms. The van der Waals surface area contributed by atoms with Crippen LogP contribution in [0, 0.1) is 0 Å². The first-order valence-electron chi connectivity index (χ1n) is 8.30. The third-order valence-electron chi connectivity index (χ3n) is 5.00. The monoisotopic (exact) mass is 324 g/mol. The fourth-order valence-electron chi connectivity index (χ4n) is 3.93. The predicted octanol–water partition coefficient (Wildman–Crippen LogP) is 2.99. The maximum Gasteiger partial charge on any atom is 0.375 e. The number of pyridine rings is 2. The van der Waals surface area contributed by atoms with Crippen LogP contribution in [0.4, 0.5) is 0 Å². The lowest BCUT2D eigenvalue weighted by Crippen LogP contribution is -2.19. The van der Waals surface area contributed by atoms with Gasteiger partial charge in [-0.25, -0.2) is 4.57 Å². The van der Waals surface area contributed by atoms with Crippen LogP contribution in [0.3, 0.4) is 0 Å².